The summed E-state index contributed by atoms with van der Waals surface area (Å²) in [4.78, 5) is 23.7. The topological polar surface area (TPSA) is 99.0 Å². The van der Waals surface area contributed by atoms with Crippen molar-refractivity contribution in [3.05, 3.63) is 6.33 Å². The van der Waals surface area contributed by atoms with E-state index in [-0.39, 0.29) is 18.5 Å². The molecule has 1 fully saturated rings. The van der Waals surface area contributed by atoms with Crippen LogP contribution in [-0.4, -0.2) is 44.2 Å². The Labute approximate surface area is 123 Å². The van der Waals surface area contributed by atoms with Crippen LogP contribution in [0.15, 0.2) is 6.33 Å². The third-order valence-corrected chi connectivity index (χ3v) is 3.56. The van der Waals surface area contributed by atoms with Crippen LogP contribution in [0.2, 0.25) is 0 Å². The van der Waals surface area contributed by atoms with Crippen LogP contribution in [0.4, 0.5) is 0 Å². The molecule has 1 aromatic heterocycles. The Morgan fingerprint density at radius 2 is 2.05 bits per heavy atom. The van der Waals surface area contributed by atoms with Gasteiger partial charge in [0.25, 0.3) is 5.91 Å². The summed E-state index contributed by atoms with van der Waals surface area (Å²) in [6.45, 7) is 1.47. The molecule has 1 heterocycles. The van der Waals surface area contributed by atoms with E-state index in [1.807, 2.05) is 0 Å². The molecular formula is C13H21N5O3. The number of carbonyl (C=O) groups excluding carboxylic acids is 2. The van der Waals surface area contributed by atoms with Crippen LogP contribution >= 0.6 is 0 Å². The Bertz CT molecular complexity index is 454. The fraction of sp³-hybridized carbons (Fsp3) is 0.769. The molecule has 0 unspecified atom stereocenters. The lowest BCUT2D eigenvalue weighted by Crippen LogP contribution is -2.42. The molecule has 8 nitrogen and oxygen atoms in total. The number of esters is 1. The molecule has 1 saturated carbocycles. The maximum absolute atomic E-state index is 12.0. The van der Waals surface area contributed by atoms with E-state index in [1.165, 1.54) is 23.9 Å². The minimum absolute atomic E-state index is 0.103. The third kappa shape index (κ3) is 5.13. The Morgan fingerprint density at radius 3 is 2.67 bits per heavy atom. The molecule has 0 aromatic carbocycles. The van der Waals surface area contributed by atoms with E-state index in [9.17, 15) is 9.59 Å². The first kappa shape index (κ1) is 15.4. The molecule has 1 aromatic rings. The van der Waals surface area contributed by atoms with Crippen molar-refractivity contribution in [2.75, 3.05) is 0 Å². The van der Waals surface area contributed by atoms with Gasteiger partial charge in [-0.15, -0.1) is 5.10 Å². The standard InChI is InChI=1S/C13H21N5O3/c1-10(21-12(19)8-18-9-14-16-17-18)13(20)15-11-6-4-2-3-5-7-11/h9-11H,2-8H2,1H3,(H,15,20)/t10-/m1/s1. The monoisotopic (exact) mass is 295 g/mol. The minimum atomic E-state index is -0.808. The van der Waals surface area contributed by atoms with E-state index in [0.717, 1.165) is 25.7 Å². The summed E-state index contributed by atoms with van der Waals surface area (Å²) >= 11 is 0. The number of nitrogens with one attached hydrogen (secondary N) is 1. The largest absolute Gasteiger partial charge is 0.451 e. The molecule has 1 amide bonds. The number of ether oxygens (including phenoxy) is 1. The van der Waals surface area contributed by atoms with E-state index in [0.29, 0.717) is 0 Å². The number of hydrogen-bond acceptors (Lipinski definition) is 6. The van der Waals surface area contributed by atoms with Crippen LogP contribution in [0.3, 0.4) is 0 Å². The zero-order valence-electron chi connectivity index (χ0n) is 12.2. The van der Waals surface area contributed by atoms with Gasteiger partial charge in [-0.05, 0) is 30.2 Å². The van der Waals surface area contributed by atoms with Crippen LogP contribution < -0.4 is 5.32 Å². The van der Waals surface area contributed by atoms with Gasteiger partial charge in [-0.3, -0.25) is 9.59 Å². The van der Waals surface area contributed by atoms with Gasteiger partial charge in [0.15, 0.2) is 6.10 Å². The van der Waals surface area contributed by atoms with Gasteiger partial charge in [-0.1, -0.05) is 25.7 Å². The van der Waals surface area contributed by atoms with Crippen LogP contribution in [0.1, 0.15) is 45.4 Å². The quantitative estimate of drug-likeness (QED) is 0.625. The Kier molecular flexibility index (Phi) is 5.65. The van der Waals surface area contributed by atoms with Gasteiger partial charge in [0.05, 0.1) is 0 Å². The van der Waals surface area contributed by atoms with Gasteiger partial charge in [0.2, 0.25) is 0 Å². The second-order valence-corrected chi connectivity index (χ2v) is 5.34. The highest BCUT2D eigenvalue weighted by Gasteiger charge is 2.21. The summed E-state index contributed by atoms with van der Waals surface area (Å²) in [5.41, 5.74) is 0. The Morgan fingerprint density at radius 1 is 1.33 bits per heavy atom. The van der Waals surface area contributed by atoms with Gasteiger partial charge < -0.3 is 10.1 Å². The van der Waals surface area contributed by atoms with Gasteiger partial charge in [0.1, 0.15) is 12.9 Å². The van der Waals surface area contributed by atoms with E-state index >= 15 is 0 Å². The third-order valence-electron chi connectivity index (χ3n) is 3.56. The van der Waals surface area contributed by atoms with Crippen LogP contribution in [0, 0.1) is 0 Å². The predicted molar refractivity (Wildman–Crippen MR) is 73.0 cm³/mol. The van der Waals surface area contributed by atoms with Gasteiger partial charge in [0, 0.05) is 6.04 Å². The fourth-order valence-corrected chi connectivity index (χ4v) is 2.42. The zero-order valence-corrected chi connectivity index (χ0v) is 12.2. The number of aromatic nitrogens is 4. The van der Waals surface area contributed by atoms with Crippen LogP contribution in [0.25, 0.3) is 0 Å². The lowest BCUT2D eigenvalue weighted by molar-refractivity contribution is -0.155. The number of nitrogens with zero attached hydrogens (tertiary/aromatic N) is 4. The van der Waals surface area contributed by atoms with Crippen LogP contribution in [0.5, 0.6) is 0 Å². The average Bonchev–Trinajstić information content (AvgIpc) is 2.81. The van der Waals surface area contributed by atoms with Crippen molar-refractivity contribution in [2.24, 2.45) is 0 Å². The van der Waals surface area contributed by atoms with Crippen molar-refractivity contribution >= 4 is 11.9 Å². The molecule has 8 heteroatoms. The van der Waals surface area contributed by atoms with Crippen LogP contribution in [-0.2, 0) is 20.9 Å². The smallest absolute Gasteiger partial charge is 0.328 e. The maximum Gasteiger partial charge on any atom is 0.328 e. The molecule has 21 heavy (non-hydrogen) atoms. The highest BCUT2D eigenvalue weighted by atomic mass is 16.5. The summed E-state index contributed by atoms with van der Waals surface area (Å²) < 4.78 is 6.34. The molecule has 0 bridgehead atoms. The van der Waals surface area contributed by atoms with E-state index in [4.69, 9.17) is 4.74 Å². The first-order valence-corrected chi connectivity index (χ1v) is 7.36. The van der Waals surface area contributed by atoms with Gasteiger partial charge in [-0.25, -0.2) is 4.68 Å². The van der Waals surface area contributed by atoms with E-state index in [2.05, 4.69) is 20.8 Å². The number of hydrogen-bond donors (Lipinski definition) is 1. The maximum atomic E-state index is 12.0. The Hall–Kier alpha value is -1.99. The molecule has 0 saturated heterocycles. The highest BCUT2D eigenvalue weighted by molar-refractivity contribution is 5.83. The fourth-order valence-electron chi connectivity index (χ4n) is 2.42. The van der Waals surface area contributed by atoms with Crippen molar-refractivity contribution in [1.29, 1.82) is 0 Å². The summed E-state index contributed by atoms with van der Waals surface area (Å²) in [6.07, 6.45) is 7.23. The van der Waals surface area contributed by atoms with Gasteiger partial charge in [-0.2, -0.15) is 0 Å². The van der Waals surface area contributed by atoms with E-state index in [1.54, 1.807) is 6.92 Å². The highest BCUT2D eigenvalue weighted by Crippen LogP contribution is 2.17. The second kappa shape index (κ2) is 7.70. The normalized spacial score (nSPS) is 17.8. The van der Waals surface area contributed by atoms with Gasteiger partial charge >= 0.3 is 5.97 Å². The minimum Gasteiger partial charge on any atom is -0.451 e. The molecule has 1 N–H and O–H groups in total. The molecule has 1 aliphatic rings. The average molecular weight is 295 g/mol. The number of carbonyl (C=O) groups is 2. The lowest BCUT2D eigenvalue weighted by Gasteiger charge is -2.19. The Balaban J connectivity index is 1.74. The summed E-state index contributed by atoms with van der Waals surface area (Å²) in [7, 11) is 0. The predicted octanol–water partition coefficient (Wildman–Crippen LogP) is 0.444. The second-order valence-electron chi connectivity index (χ2n) is 5.34. The summed E-state index contributed by atoms with van der Waals surface area (Å²) in [5, 5.41) is 13.4. The first-order chi connectivity index (χ1) is 10.1. The molecule has 0 spiro atoms. The molecule has 2 rings (SSSR count). The van der Waals surface area contributed by atoms with Crippen molar-refractivity contribution in [3.63, 3.8) is 0 Å². The van der Waals surface area contributed by atoms with Crippen molar-refractivity contribution in [2.45, 2.75) is 64.1 Å². The molecule has 0 aliphatic heterocycles. The summed E-state index contributed by atoms with van der Waals surface area (Å²) in [6, 6.07) is 0.195. The molecule has 1 aliphatic carbocycles. The number of tetrazole rings is 1. The molecular weight excluding hydrogens is 274 g/mol. The SMILES string of the molecule is C[C@@H](OC(=O)Cn1cnnn1)C(=O)NC1CCCCCC1. The van der Waals surface area contributed by atoms with Crippen molar-refractivity contribution in [1.82, 2.24) is 25.5 Å². The molecule has 0 radical (unpaired) electrons. The molecule has 116 valence electrons. The molecule has 1 atom stereocenters. The zero-order chi connectivity index (χ0) is 15.1. The van der Waals surface area contributed by atoms with E-state index < -0.39 is 12.1 Å². The number of amides is 1. The van der Waals surface area contributed by atoms with Crippen molar-refractivity contribution in [3.8, 4) is 0 Å². The van der Waals surface area contributed by atoms with Crippen molar-refractivity contribution < 1.29 is 14.3 Å². The summed E-state index contributed by atoms with van der Waals surface area (Å²) in [5.74, 6) is -0.780. The number of rotatable bonds is 5. The first-order valence-electron chi connectivity index (χ1n) is 7.36. The lowest BCUT2D eigenvalue weighted by atomic mass is 10.1.